The van der Waals surface area contributed by atoms with Crippen LogP contribution in [0.5, 0.6) is 5.75 Å². The molecule has 0 radical (unpaired) electrons. The first-order valence-electron chi connectivity index (χ1n) is 7.09. The molecular formula is C15H19FN4O. The van der Waals surface area contributed by atoms with Gasteiger partial charge in [0.05, 0.1) is 19.0 Å². The summed E-state index contributed by atoms with van der Waals surface area (Å²) in [5.41, 5.74) is 0.793. The van der Waals surface area contributed by atoms with E-state index in [9.17, 15) is 4.39 Å². The van der Waals surface area contributed by atoms with E-state index in [-0.39, 0.29) is 5.69 Å². The Kier molecular flexibility index (Phi) is 5.43. The van der Waals surface area contributed by atoms with Crippen LogP contribution in [0.15, 0.2) is 24.7 Å². The standard InChI is InChI=1S/C15H19FN4O/c1-3-5-18-15-19-10-13(16)14(20-15)11-7-12(9-17-8-11)21-6-4-2/h7-10H,3-6H2,1-2H3,(H,18,19,20). The van der Waals surface area contributed by atoms with Crippen LogP contribution in [0.4, 0.5) is 10.3 Å². The number of ether oxygens (including phenoxy) is 1. The first-order valence-corrected chi connectivity index (χ1v) is 7.09. The molecule has 112 valence electrons. The van der Waals surface area contributed by atoms with Gasteiger partial charge >= 0.3 is 0 Å². The molecule has 0 aliphatic heterocycles. The third-order valence-corrected chi connectivity index (χ3v) is 2.74. The fourth-order valence-corrected chi connectivity index (χ4v) is 1.74. The molecule has 0 unspecified atom stereocenters. The van der Waals surface area contributed by atoms with Gasteiger partial charge in [-0.05, 0) is 18.9 Å². The average Bonchev–Trinajstić information content (AvgIpc) is 2.52. The molecule has 2 aromatic rings. The lowest BCUT2D eigenvalue weighted by Crippen LogP contribution is -2.06. The van der Waals surface area contributed by atoms with Crippen LogP contribution < -0.4 is 10.1 Å². The summed E-state index contributed by atoms with van der Waals surface area (Å²) >= 11 is 0. The van der Waals surface area contributed by atoms with Gasteiger partial charge in [-0.2, -0.15) is 0 Å². The smallest absolute Gasteiger partial charge is 0.223 e. The quantitative estimate of drug-likeness (QED) is 0.848. The summed E-state index contributed by atoms with van der Waals surface area (Å²) in [7, 11) is 0. The molecule has 0 amide bonds. The monoisotopic (exact) mass is 290 g/mol. The molecule has 0 saturated heterocycles. The number of halogens is 1. The van der Waals surface area contributed by atoms with Crippen molar-refractivity contribution in [2.24, 2.45) is 0 Å². The SMILES string of the molecule is CCCNc1ncc(F)c(-c2cncc(OCCC)c2)n1. The van der Waals surface area contributed by atoms with E-state index in [0.29, 0.717) is 23.9 Å². The molecule has 21 heavy (non-hydrogen) atoms. The van der Waals surface area contributed by atoms with Crippen LogP contribution in [0, 0.1) is 5.82 Å². The fraction of sp³-hybridized carbons (Fsp3) is 0.400. The largest absolute Gasteiger partial charge is 0.492 e. The highest BCUT2D eigenvalue weighted by molar-refractivity contribution is 5.61. The van der Waals surface area contributed by atoms with E-state index in [1.54, 1.807) is 18.5 Å². The summed E-state index contributed by atoms with van der Waals surface area (Å²) < 4.78 is 19.4. The third-order valence-electron chi connectivity index (χ3n) is 2.74. The normalized spacial score (nSPS) is 10.4. The Hall–Kier alpha value is -2.24. The molecule has 1 N–H and O–H groups in total. The highest BCUT2D eigenvalue weighted by atomic mass is 19.1. The zero-order chi connectivity index (χ0) is 15.1. The van der Waals surface area contributed by atoms with Crippen LogP contribution in [0.25, 0.3) is 11.3 Å². The average molecular weight is 290 g/mol. The molecule has 2 heterocycles. The number of hydrogen-bond acceptors (Lipinski definition) is 5. The van der Waals surface area contributed by atoms with Crippen LogP contribution in [0.3, 0.4) is 0 Å². The van der Waals surface area contributed by atoms with E-state index in [0.717, 1.165) is 19.4 Å². The molecule has 0 aliphatic rings. The van der Waals surface area contributed by atoms with Crippen LogP contribution in [0.2, 0.25) is 0 Å². The highest BCUT2D eigenvalue weighted by Crippen LogP contribution is 2.24. The maximum absolute atomic E-state index is 13.9. The van der Waals surface area contributed by atoms with Crippen molar-refractivity contribution < 1.29 is 9.13 Å². The topological polar surface area (TPSA) is 59.9 Å². The molecule has 0 aliphatic carbocycles. The Morgan fingerprint density at radius 1 is 1.19 bits per heavy atom. The lowest BCUT2D eigenvalue weighted by atomic mass is 10.2. The fourth-order valence-electron chi connectivity index (χ4n) is 1.74. The lowest BCUT2D eigenvalue weighted by Gasteiger charge is -2.08. The molecule has 0 atom stereocenters. The summed E-state index contributed by atoms with van der Waals surface area (Å²) in [6, 6.07) is 1.73. The minimum absolute atomic E-state index is 0.220. The van der Waals surface area contributed by atoms with Gasteiger partial charge in [-0.3, -0.25) is 4.98 Å². The number of rotatable bonds is 7. The number of hydrogen-bond donors (Lipinski definition) is 1. The Morgan fingerprint density at radius 2 is 2.05 bits per heavy atom. The molecule has 5 nitrogen and oxygen atoms in total. The second-order valence-corrected chi connectivity index (χ2v) is 4.57. The first-order chi connectivity index (χ1) is 10.2. The summed E-state index contributed by atoms with van der Waals surface area (Å²) in [6.07, 6.45) is 6.18. The van der Waals surface area contributed by atoms with Crippen molar-refractivity contribution in [3.8, 4) is 17.0 Å². The van der Waals surface area contributed by atoms with Gasteiger partial charge < -0.3 is 10.1 Å². The minimum Gasteiger partial charge on any atom is -0.492 e. The van der Waals surface area contributed by atoms with Crippen molar-refractivity contribution in [1.29, 1.82) is 0 Å². The predicted molar refractivity (Wildman–Crippen MR) is 79.8 cm³/mol. The van der Waals surface area contributed by atoms with Crippen molar-refractivity contribution in [3.63, 3.8) is 0 Å². The number of aromatic nitrogens is 3. The zero-order valence-corrected chi connectivity index (χ0v) is 12.3. The Morgan fingerprint density at radius 3 is 2.81 bits per heavy atom. The van der Waals surface area contributed by atoms with Crippen LogP contribution in [-0.4, -0.2) is 28.1 Å². The van der Waals surface area contributed by atoms with E-state index in [1.807, 2.05) is 13.8 Å². The Bertz CT molecular complexity index is 592. The second kappa shape index (κ2) is 7.52. The number of nitrogens with zero attached hydrogens (tertiary/aromatic N) is 3. The maximum Gasteiger partial charge on any atom is 0.223 e. The van der Waals surface area contributed by atoms with Gasteiger partial charge in [0.2, 0.25) is 5.95 Å². The van der Waals surface area contributed by atoms with Crippen LogP contribution in [-0.2, 0) is 0 Å². The van der Waals surface area contributed by atoms with Crippen molar-refractivity contribution in [2.75, 3.05) is 18.5 Å². The Balaban J connectivity index is 2.27. The van der Waals surface area contributed by atoms with Crippen LogP contribution >= 0.6 is 0 Å². The van der Waals surface area contributed by atoms with E-state index >= 15 is 0 Å². The molecule has 2 aromatic heterocycles. The molecule has 0 saturated carbocycles. The van der Waals surface area contributed by atoms with E-state index < -0.39 is 5.82 Å². The molecule has 0 fully saturated rings. The number of anilines is 1. The summed E-state index contributed by atoms with van der Waals surface area (Å²) in [5, 5.41) is 3.04. The lowest BCUT2D eigenvalue weighted by molar-refractivity contribution is 0.316. The predicted octanol–water partition coefficient (Wildman–Crippen LogP) is 3.29. The van der Waals surface area contributed by atoms with Crippen molar-refractivity contribution >= 4 is 5.95 Å². The van der Waals surface area contributed by atoms with Gasteiger partial charge in [-0.25, -0.2) is 14.4 Å². The maximum atomic E-state index is 13.9. The van der Waals surface area contributed by atoms with Crippen molar-refractivity contribution in [1.82, 2.24) is 15.0 Å². The van der Waals surface area contributed by atoms with Crippen molar-refractivity contribution in [3.05, 3.63) is 30.5 Å². The van der Waals surface area contributed by atoms with Crippen LogP contribution in [0.1, 0.15) is 26.7 Å². The third kappa shape index (κ3) is 4.11. The van der Waals surface area contributed by atoms with Gasteiger partial charge in [0, 0.05) is 18.3 Å². The second-order valence-electron chi connectivity index (χ2n) is 4.57. The van der Waals surface area contributed by atoms with Gasteiger partial charge in [-0.1, -0.05) is 13.8 Å². The molecular weight excluding hydrogens is 271 g/mol. The number of pyridine rings is 1. The van der Waals surface area contributed by atoms with Gasteiger partial charge in [0.25, 0.3) is 0 Å². The van der Waals surface area contributed by atoms with E-state index in [2.05, 4.69) is 20.3 Å². The Labute approximate surface area is 123 Å². The molecule has 0 bridgehead atoms. The first kappa shape index (κ1) is 15.2. The summed E-state index contributed by atoms with van der Waals surface area (Å²) in [6.45, 7) is 5.40. The van der Waals surface area contributed by atoms with Crippen molar-refractivity contribution in [2.45, 2.75) is 26.7 Å². The number of nitrogens with one attached hydrogen (secondary N) is 1. The van der Waals surface area contributed by atoms with E-state index in [1.165, 1.54) is 6.20 Å². The van der Waals surface area contributed by atoms with Gasteiger partial charge in [0.15, 0.2) is 5.82 Å². The van der Waals surface area contributed by atoms with Gasteiger partial charge in [-0.15, -0.1) is 0 Å². The molecule has 0 aromatic carbocycles. The summed E-state index contributed by atoms with van der Waals surface area (Å²) in [5.74, 6) is 0.537. The zero-order valence-electron chi connectivity index (χ0n) is 12.3. The van der Waals surface area contributed by atoms with Gasteiger partial charge in [0.1, 0.15) is 11.4 Å². The molecule has 0 spiro atoms. The van der Waals surface area contributed by atoms with E-state index in [4.69, 9.17) is 4.74 Å². The minimum atomic E-state index is -0.480. The summed E-state index contributed by atoms with van der Waals surface area (Å²) in [4.78, 5) is 12.2. The molecule has 6 heteroatoms. The molecule has 2 rings (SSSR count). The highest BCUT2D eigenvalue weighted by Gasteiger charge is 2.11.